The molecule has 0 spiro atoms. The van der Waals surface area contributed by atoms with Crippen LogP contribution in [0.2, 0.25) is 0 Å². The highest BCUT2D eigenvalue weighted by atomic mass is 19.1. The fourth-order valence-electron chi connectivity index (χ4n) is 1.42. The van der Waals surface area contributed by atoms with Crippen LogP contribution in [0.4, 0.5) is 4.39 Å². The Balaban J connectivity index is 2.49. The van der Waals surface area contributed by atoms with Gasteiger partial charge in [-0.15, -0.1) is 0 Å². The molecular weight excluding hydrogens is 255 g/mol. The maximum Gasteiger partial charge on any atom is 0.323 e. The summed E-state index contributed by atoms with van der Waals surface area (Å²) < 4.78 is 14.5. The fraction of sp³-hybridized carbons (Fsp3) is 0.182. The third-order valence-electron chi connectivity index (χ3n) is 2.31. The number of aliphatic carboxylic acids is 1. The van der Waals surface area contributed by atoms with Crippen LogP contribution in [0.3, 0.4) is 0 Å². The van der Waals surface area contributed by atoms with Crippen molar-refractivity contribution in [1.29, 1.82) is 0 Å². The molecule has 0 saturated heterocycles. The van der Waals surface area contributed by atoms with E-state index in [1.807, 2.05) is 0 Å². The number of carboxylic acid groups (broad SMARTS) is 1. The molecule has 7 nitrogen and oxygen atoms in total. The smallest absolute Gasteiger partial charge is 0.323 e. The predicted molar refractivity (Wildman–Crippen MR) is 61.9 cm³/mol. The van der Waals surface area contributed by atoms with Gasteiger partial charge in [0.1, 0.15) is 17.9 Å². The van der Waals surface area contributed by atoms with E-state index in [1.165, 1.54) is 12.4 Å². The molecule has 8 heteroatoms. The standard InChI is InChI=1S/C11H9FN4O3/c1-6-2-14-7(3-13-6)10-9(12)11(19)16(5-15-10)4-8(17)18/h2-3,5H,4H2,1H3,(H,17,18). The summed E-state index contributed by atoms with van der Waals surface area (Å²) in [6.07, 6.45) is 3.68. The highest BCUT2D eigenvalue weighted by Crippen LogP contribution is 2.13. The van der Waals surface area contributed by atoms with Crippen molar-refractivity contribution in [2.75, 3.05) is 0 Å². The maximum absolute atomic E-state index is 13.8. The first-order valence-corrected chi connectivity index (χ1v) is 5.25. The molecule has 2 aromatic heterocycles. The molecule has 2 aromatic rings. The molecule has 0 amide bonds. The minimum absolute atomic E-state index is 0.114. The molecular formula is C11H9FN4O3. The monoisotopic (exact) mass is 264 g/mol. The Morgan fingerprint density at radius 2 is 2.11 bits per heavy atom. The predicted octanol–water partition coefficient (Wildman–Crippen LogP) is 0.232. The Bertz CT molecular complexity index is 681. The van der Waals surface area contributed by atoms with Gasteiger partial charge in [0.05, 0.1) is 18.2 Å². The molecule has 98 valence electrons. The molecule has 0 bridgehead atoms. The summed E-state index contributed by atoms with van der Waals surface area (Å²) >= 11 is 0. The minimum Gasteiger partial charge on any atom is -0.480 e. The molecule has 0 aromatic carbocycles. The number of hydrogen-bond donors (Lipinski definition) is 1. The number of aryl methyl sites for hydroxylation is 1. The average Bonchev–Trinajstić information content (AvgIpc) is 2.36. The number of carbonyl (C=O) groups is 1. The number of hydrogen-bond acceptors (Lipinski definition) is 5. The fourth-order valence-corrected chi connectivity index (χ4v) is 1.42. The molecule has 0 aliphatic carbocycles. The normalized spacial score (nSPS) is 10.4. The molecule has 0 unspecified atom stereocenters. The average molecular weight is 264 g/mol. The summed E-state index contributed by atoms with van der Waals surface area (Å²) in [7, 11) is 0. The van der Waals surface area contributed by atoms with Gasteiger partial charge in [-0.05, 0) is 6.92 Å². The molecule has 0 aliphatic rings. The SMILES string of the molecule is Cc1cnc(-c2ncn(CC(=O)O)c(=O)c2F)cn1. The largest absolute Gasteiger partial charge is 0.480 e. The third kappa shape index (κ3) is 2.62. The molecule has 2 heterocycles. The van der Waals surface area contributed by atoms with Gasteiger partial charge in [-0.1, -0.05) is 0 Å². The van der Waals surface area contributed by atoms with E-state index in [-0.39, 0.29) is 11.4 Å². The molecule has 0 fully saturated rings. The number of aromatic nitrogens is 4. The van der Waals surface area contributed by atoms with Crippen LogP contribution in [0, 0.1) is 12.7 Å². The Morgan fingerprint density at radius 1 is 1.37 bits per heavy atom. The lowest BCUT2D eigenvalue weighted by Gasteiger charge is -2.05. The maximum atomic E-state index is 13.8. The van der Waals surface area contributed by atoms with Crippen LogP contribution in [0.1, 0.15) is 5.69 Å². The van der Waals surface area contributed by atoms with E-state index in [9.17, 15) is 14.0 Å². The van der Waals surface area contributed by atoms with Crippen molar-refractivity contribution in [1.82, 2.24) is 19.5 Å². The van der Waals surface area contributed by atoms with Gasteiger partial charge >= 0.3 is 5.97 Å². The van der Waals surface area contributed by atoms with Crippen LogP contribution in [0.5, 0.6) is 0 Å². The Labute approximate surface area is 106 Å². The highest BCUT2D eigenvalue weighted by molar-refractivity contribution is 5.66. The summed E-state index contributed by atoms with van der Waals surface area (Å²) in [5.74, 6) is -2.41. The molecule has 0 aliphatic heterocycles. The quantitative estimate of drug-likeness (QED) is 0.852. The van der Waals surface area contributed by atoms with Crippen LogP contribution >= 0.6 is 0 Å². The van der Waals surface area contributed by atoms with Crippen LogP contribution in [-0.2, 0) is 11.3 Å². The lowest BCUT2D eigenvalue weighted by atomic mass is 10.3. The topological polar surface area (TPSA) is 98.0 Å². The first kappa shape index (κ1) is 12.8. The van der Waals surface area contributed by atoms with Gasteiger partial charge < -0.3 is 5.11 Å². The van der Waals surface area contributed by atoms with Crippen LogP contribution in [0.25, 0.3) is 11.4 Å². The van der Waals surface area contributed by atoms with Gasteiger partial charge in [-0.3, -0.25) is 24.1 Å². The van der Waals surface area contributed by atoms with Crippen LogP contribution in [0.15, 0.2) is 23.5 Å². The molecule has 0 radical (unpaired) electrons. The molecule has 0 atom stereocenters. The zero-order valence-corrected chi connectivity index (χ0v) is 9.87. The first-order valence-electron chi connectivity index (χ1n) is 5.25. The molecule has 2 rings (SSSR count). The molecule has 0 saturated carbocycles. The van der Waals surface area contributed by atoms with Gasteiger partial charge in [-0.2, -0.15) is 4.39 Å². The first-order chi connectivity index (χ1) is 8.99. The van der Waals surface area contributed by atoms with Crippen molar-refractivity contribution < 1.29 is 14.3 Å². The summed E-state index contributed by atoms with van der Waals surface area (Å²) in [5.41, 5.74) is -0.556. The number of rotatable bonds is 3. The number of nitrogens with zero attached hydrogens (tertiary/aromatic N) is 4. The van der Waals surface area contributed by atoms with Crippen molar-refractivity contribution in [3.8, 4) is 11.4 Å². The summed E-state index contributed by atoms with van der Waals surface area (Å²) in [6, 6.07) is 0. The zero-order valence-electron chi connectivity index (χ0n) is 9.87. The second kappa shape index (κ2) is 4.92. The second-order valence-corrected chi connectivity index (χ2v) is 3.78. The van der Waals surface area contributed by atoms with Gasteiger partial charge in [0.2, 0.25) is 5.82 Å². The Hall–Kier alpha value is -2.64. The van der Waals surface area contributed by atoms with E-state index in [1.54, 1.807) is 6.92 Å². The second-order valence-electron chi connectivity index (χ2n) is 3.78. The van der Waals surface area contributed by atoms with Crippen LogP contribution in [-0.4, -0.2) is 30.6 Å². The van der Waals surface area contributed by atoms with Crippen molar-refractivity contribution in [2.45, 2.75) is 13.5 Å². The van der Waals surface area contributed by atoms with Gasteiger partial charge in [0, 0.05) is 6.20 Å². The highest BCUT2D eigenvalue weighted by Gasteiger charge is 2.15. The van der Waals surface area contributed by atoms with E-state index < -0.39 is 23.9 Å². The van der Waals surface area contributed by atoms with Gasteiger partial charge in [-0.25, -0.2) is 4.98 Å². The number of halogens is 1. The summed E-state index contributed by atoms with van der Waals surface area (Å²) in [5, 5.41) is 8.57. The number of carboxylic acids is 1. The lowest BCUT2D eigenvalue weighted by Crippen LogP contribution is -2.27. The van der Waals surface area contributed by atoms with Crippen LogP contribution < -0.4 is 5.56 Å². The van der Waals surface area contributed by atoms with E-state index in [4.69, 9.17) is 5.11 Å². The van der Waals surface area contributed by atoms with E-state index in [0.29, 0.717) is 10.3 Å². The van der Waals surface area contributed by atoms with E-state index >= 15 is 0 Å². The van der Waals surface area contributed by atoms with E-state index in [2.05, 4.69) is 15.0 Å². The minimum atomic E-state index is -1.26. The van der Waals surface area contributed by atoms with Crippen molar-refractivity contribution in [3.05, 3.63) is 40.6 Å². The van der Waals surface area contributed by atoms with Crippen molar-refractivity contribution >= 4 is 5.97 Å². The molecule has 1 N–H and O–H groups in total. The van der Waals surface area contributed by atoms with E-state index in [0.717, 1.165) is 6.33 Å². The van der Waals surface area contributed by atoms with Gasteiger partial charge in [0.15, 0.2) is 0 Å². The third-order valence-corrected chi connectivity index (χ3v) is 2.31. The zero-order chi connectivity index (χ0) is 14.0. The summed E-state index contributed by atoms with van der Waals surface area (Å²) in [4.78, 5) is 33.6. The van der Waals surface area contributed by atoms with Crippen molar-refractivity contribution in [3.63, 3.8) is 0 Å². The summed E-state index contributed by atoms with van der Waals surface area (Å²) in [6.45, 7) is 1.06. The molecule has 19 heavy (non-hydrogen) atoms. The van der Waals surface area contributed by atoms with Crippen molar-refractivity contribution in [2.24, 2.45) is 0 Å². The van der Waals surface area contributed by atoms with Gasteiger partial charge in [0.25, 0.3) is 5.56 Å². The lowest BCUT2D eigenvalue weighted by molar-refractivity contribution is -0.137. The Morgan fingerprint density at radius 3 is 2.68 bits per heavy atom. The Kier molecular flexibility index (Phi) is 3.32.